The maximum absolute atomic E-state index is 12.3. The van der Waals surface area contributed by atoms with Gasteiger partial charge in [-0.05, 0) is 53.4 Å². The van der Waals surface area contributed by atoms with Gasteiger partial charge in [-0.2, -0.15) is 9.61 Å². The number of unbranched alkanes of at least 4 members (excludes halogenated alkanes) is 1. The van der Waals surface area contributed by atoms with E-state index in [0.29, 0.717) is 11.6 Å². The van der Waals surface area contributed by atoms with Crippen molar-refractivity contribution in [1.29, 1.82) is 0 Å². The van der Waals surface area contributed by atoms with Crippen molar-refractivity contribution in [2.45, 2.75) is 19.8 Å². The van der Waals surface area contributed by atoms with E-state index in [1.54, 1.807) is 10.7 Å². The normalized spacial score (nSPS) is 11.0. The maximum Gasteiger partial charge on any atom is 0.251 e. The highest BCUT2D eigenvalue weighted by Crippen LogP contribution is 2.30. The van der Waals surface area contributed by atoms with Gasteiger partial charge in [0.05, 0.1) is 16.4 Å². The predicted octanol–water partition coefficient (Wildman–Crippen LogP) is 5.74. The number of aryl methyl sites for hydroxylation is 1. The number of hydrogen-bond acceptors (Lipinski definition) is 4. The van der Waals surface area contributed by atoms with Gasteiger partial charge in [-0.1, -0.05) is 48.0 Å². The third kappa shape index (κ3) is 4.95. The minimum Gasteiger partial charge on any atom is -0.370 e. The second kappa shape index (κ2) is 10.1. The van der Waals surface area contributed by atoms with E-state index in [-0.39, 0.29) is 5.91 Å². The molecule has 0 bridgehead atoms. The molecule has 4 aromatic rings. The molecular formula is C24H23BrClN5O. The Bertz CT molecular complexity index is 1260. The molecule has 2 aromatic carbocycles. The zero-order valence-corrected chi connectivity index (χ0v) is 19.9. The molecule has 4 rings (SSSR count). The Morgan fingerprint density at radius 1 is 1.09 bits per heavy atom. The van der Waals surface area contributed by atoms with Crippen LogP contribution in [-0.4, -0.2) is 33.6 Å². The van der Waals surface area contributed by atoms with Gasteiger partial charge in [0, 0.05) is 35.3 Å². The molecule has 0 aliphatic carbocycles. The Morgan fingerprint density at radius 3 is 2.66 bits per heavy atom. The summed E-state index contributed by atoms with van der Waals surface area (Å²) in [5.41, 5.74) is 4.06. The number of carbonyl (C=O) groups is 1. The summed E-state index contributed by atoms with van der Waals surface area (Å²) in [6.07, 6.45) is 3.48. The molecule has 2 N–H and O–H groups in total. The van der Waals surface area contributed by atoms with Crippen LogP contribution in [0.1, 0.15) is 28.8 Å². The minimum absolute atomic E-state index is 0.0299. The third-order valence-electron chi connectivity index (χ3n) is 5.16. The number of benzene rings is 2. The fraction of sp³-hybridized carbons (Fsp3) is 0.208. The van der Waals surface area contributed by atoms with Crippen molar-refractivity contribution in [3.05, 3.63) is 81.4 Å². The van der Waals surface area contributed by atoms with Crippen LogP contribution in [0.15, 0.2) is 65.3 Å². The molecule has 2 aromatic heterocycles. The highest BCUT2D eigenvalue weighted by Gasteiger charge is 2.13. The summed E-state index contributed by atoms with van der Waals surface area (Å²) in [6, 6.07) is 17.2. The molecule has 0 unspecified atom stereocenters. The fourth-order valence-corrected chi connectivity index (χ4v) is 4.04. The molecule has 0 aliphatic heterocycles. The van der Waals surface area contributed by atoms with Gasteiger partial charge in [0.15, 0.2) is 5.65 Å². The van der Waals surface area contributed by atoms with Crippen LogP contribution in [0.4, 0.5) is 5.82 Å². The van der Waals surface area contributed by atoms with Crippen molar-refractivity contribution in [2.24, 2.45) is 0 Å². The van der Waals surface area contributed by atoms with E-state index in [1.807, 2.05) is 61.5 Å². The smallest absolute Gasteiger partial charge is 0.251 e. The quantitative estimate of drug-likeness (QED) is 0.295. The first-order valence-corrected chi connectivity index (χ1v) is 11.6. The highest BCUT2D eigenvalue weighted by molar-refractivity contribution is 9.10. The van der Waals surface area contributed by atoms with Crippen LogP contribution in [0.25, 0.3) is 16.9 Å². The van der Waals surface area contributed by atoms with Crippen molar-refractivity contribution in [2.75, 3.05) is 18.4 Å². The number of carbonyl (C=O) groups excluding carboxylic acids is 1. The number of hydrogen-bond donors (Lipinski definition) is 2. The molecular weight excluding hydrogens is 490 g/mol. The first kappa shape index (κ1) is 22.3. The van der Waals surface area contributed by atoms with Gasteiger partial charge in [-0.25, -0.2) is 4.98 Å². The van der Waals surface area contributed by atoms with E-state index < -0.39 is 0 Å². The second-order valence-electron chi connectivity index (χ2n) is 7.44. The van der Waals surface area contributed by atoms with Crippen LogP contribution in [0.3, 0.4) is 0 Å². The van der Waals surface area contributed by atoms with Crippen molar-refractivity contribution < 1.29 is 4.79 Å². The molecule has 0 fully saturated rings. The molecule has 0 radical (unpaired) electrons. The van der Waals surface area contributed by atoms with E-state index in [4.69, 9.17) is 16.6 Å². The lowest BCUT2D eigenvalue weighted by Crippen LogP contribution is -2.25. The SMILES string of the molecule is Cc1ccccc1C(=O)NCCCCNc1cc(-c2ccccc2Cl)nc2c(Br)cnn12. The van der Waals surface area contributed by atoms with Crippen LogP contribution >= 0.6 is 27.5 Å². The Kier molecular flexibility index (Phi) is 7.07. The van der Waals surface area contributed by atoms with Gasteiger partial charge in [0.2, 0.25) is 0 Å². The van der Waals surface area contributed by atoms with Gasteiger partial charge < -0.3 is 10.6 Å². The van der Waals surface area contributed by atoms with E-state index >= 15 is 0 Å². The number of halogens is 2. The summed E-state index contributed by atoms with van der Waals surface area (Å²) >= 11 is 9.91. The first-order valence-electron chi connectivity index (χ1n) is 10.4. The van der Waals surface area contributed by atoms with Crippen LogP contribution in [0.5, 0.6) is 0 Å². The zero-order valence-electron chi connectivity index (χ0n) is 17.6. The van der Waals surface area contributed by atoms with Gasteiger partial charge in [0.25, 0.3) is 5.91 Å². The van der Waals surface area contributed by atoms with Crippen molar-refractivity contribution >= 4 is 44.9 Å². The molecule has 6 nitrogen and oxygen atoms in total. The van der Waals surface area contributed by atoms with Crippen LogP contribution < -0.4 is 10.6 Å². The molecule has 164 valence electrons. The number of nitrogens with one attached hydrogen (secondary N) is 2. The number of rotatable bonds is 8. The average Bonchev–Trinajstić information content (AvgIpc) is 3.17. The maximum atomic E-state index is 12.3. The van der Waals surface area contributed by atoms with E-state index in [1.165, 1.54) is 0 Å². The summed E-state index contributed by atoms with van der Waals surface area (Å²) in [4.78, 5) is 17.0. The van der Waals surface area contributed by atoms with Gasteiger partial charge in [0.1, 0.15) is 5.82 Å². The molecule has 0 spiro atoms. The van der Waals surface area contributed by atoms with Crippen LogP contribution in [0, 0.1) is 6.92 Å². The molecule has 2 heterocycles. The summed E-state index contributed by atoms with van der Waals surface area (Å²) < 4.78 is 2.58. The summed E-state index contributed by atoms with van der Waals surface area (Å²) in [7, 11) is 0. The highest BCUT2D eigenvalue weighted by atomic mass is 79.9. The molecule has 8 heteroatoms. The molecule has 0 aliphatic rings. The fourth-order valence-electron chi connectivity index (χ4n) is 3.46. The first-order chi connectivity index (χ1) is 15.5. The summed E-state index contributed by atoms with van der Waals surface area (Å²) in [5, 5.41) is 11.5. The predicted molar refractivity (Wildman–Crippen MR) is 132 cm³/mol. The Morgan fingerprint density at radius 2 is 1.84 bits per heavy atom. The number of aromatic nitrogens is 3. The Balaban J connectivity index is 1.38. The topological polar surface area (TPSA) is 71.3 Å². The summed E-state index contributed by atoms with van der Waals surface area (Å²) in [5.74, 6) is 0.803. The van der Waals surface area contributed by atoms with E-state index in [9.17, 15) is 4.79 Å². The number of anilines is 1. The van der Waals surface area contributed by atoms with E-state index in [2.05, 4.69) is 31.7 Å². The molecule has 0 atom stereocenters. The third-order valence-corrected chi connectivity index (χ3v) is 6.05. The molecule has 0 saturated carbocycles. The standard InChI is InChI=1S/C24H23BrClN5O/c1-16-8-2-3-9-17(16)24(32)28-13-7-6-12-27-22-14-21(18-10-4-5-11-20(18)26)30-23-19(25)15-29-31(22)23/h2-5,8-11,14-15,27H,6-7,12-13H2,1H3,(H,28,32). The lowest BCUT2D eigenvalue weighted by molar-refractivity contribution is 0.0952. The number of amides is 1. The monoisotopic (exact) mass is 511 g/mol. The van der Waals surface area contributed by atoms with Gasteiger partial charge in [-0.15, -0.1) is 0 Å². The lowest BCUT2D eigenvalue weighted by atomic mass is 10.1. The molecule has 0 saturated heterocycles. The van der Waals surface area contributed by atoms with Gasteiger partial charge in [-0.3, -0.25) is 4.79 Å². The number of fused-ring (bicyclic) bond motifs is 1. The molecule has 1 amide bonds. The lowest BCUT2D eigenvalue weighted by Gasteiger charge is -2.12. The van der Waals surface area contributed by atoms with E-state index in [0.717, 1.165) is 57.7 Å². The van der Waals surface area contributed by atoms with Crippen LogP contribution in [0.2, 0.25) is 5.02 Å². The van der Waals surface area contributed by atoms with Crippen molar-refractivity contribution in [3.63, 3.8) is 0 Å². The van der Waals surface area contributed by atoms with Gasteiger partial charge >= 0.3 is 0 Å². The molecule has 32 heavy (non-hydrogen) atoms. The van der Waals surface area contributed by atoms with Crippen LogP contribution in [-0.2, 0) is 0 Å². The zero-order chi connectivity index (χ0) is 22.5. The summed E-state index contributed by atoms with van der Waals surface area (Å²) in [6.45, 7) is 3.30. The average molecular weight is 513 g/mol. The minimum atomic E-state index is -0.0299. The largest absolute Gasteiger partial charge is 0.370 e. The number of nitrogens with zero attached hydrogens (tertiary/aromatic N) is 3. The second-order valence-corrected chi connectivity index (χ2v) is 8.70. The Hall–Kier alpha value is -2.90. The van der Waals surface area contributed by atoms with Crippen molar-refractivity contribution in [1.82, 2.24) is 19.9 Å². The Labute approximate surface area is 200 Å². The van der Waals surface area contributed by atoms with Crippen molar-refractivity contribution in [3.8, 4) is 11.3 Å².